The average Bonchev–Trinajstić information content (AvgIpc) is 2.76. The van der Waals surface area contributed by atoms with Crippen molar-refractivity contribution in [3.8, 4) is 0 Å². The van der Waals surface area contributed by atoms with E-state index in [0.717, 1.165) is 0 Å². The molecular weight excluding hydrogens is 387 g/mol. The van der Waals surface area contributed by atoms with Crippen LogP contribution in [-0.2, 0) is 9.59 Å². The van der Waals surface area contributed by atoms with E-state index in [1.807, 2.05) is 0 Å². The Morgan fingerprint density at radius 1 is 0.600 bits per heavy atom. The third-order valence-electron chi connectivity index (χ3n) is 3.85. The van der Waals surface area contributed by atoms with Crippen molar-refractivity contribution in [1.82, 2.24) is 4.90 Å². The summed E-state index contributed by atoms with van der Waals surface area (Å²) in [4.78, 5) is 21.4. The first kappa shape index (κ1) is 19.4. The molecule has 0 N–H and O–H groups in total. The molecule has 14 heteroatoms. The topological polar surface area (TPSA) is 37.4 Å². The standard InChI is InChI=1S/C11H4F11NO2/c12-6(3-23-4(24)1-2-5(23)25)7(13,14)9(17,18)11(21,22)10(19,20)8(6,15)16/h1-2H,3H2. The van der Waals surface area contributed by atoms with Gasteiger partial charge in [0.2, 0.25) is 0 Å². The second-order valence-corrected chi connectivity index (χ2v) is 5.27. The first-order chi connectivity index (χ1) is 10.9. The molecule has 0 spiro atoms. The fourth-order valence-corrected chi connectivity index (χ4v) is 2.29. The zero-order chi connectivity index (χ0) is 19.9. The molecule has 25 heavy (non-hydrogen) atoms. The predicted molar refractivity (Wildman–Crippen MR) is 54.4 cm³/mol. The summed E-state index contributed by atoms with van der Waals surface area (Å²) in [6.07, 6.45) is 0.436. The summed E-state index contributed by atoms with van der Waals surface area (Å²) < 4.78 is 147. The maximum atomic E-state index is 14.3. The molecule has 3 nitrogen and oxygen atoms in total. The Morgan fingerprint density at radius 3 is 1.20 bits per heavy atom. The number of hydrogen-bond donors (Lipinski definition) is 0. The maximum absolute atomic E-state index is 14.3. The van der Waals surface area contributed by atoms with E-state index in [-0.39, 0.29) is 12.2 Å². The fraction of sp³-hybridized carbons (Fsp3) is 0.636. The van der Waals surface area contributed by atoms with Gasteiger partial charge in [0.25, 0.3) is 17.5 Å². The highest BCUT2D eigenvalue weighted by molar-refractivity contribution is 6.12. The van der Waals surface area contributed by atoms with Gasteiger partial charge in [0, 0.05) is 12.2 Å². The van der Waals surface area contributed by atoms with Crippen LogP contribution >= 0.6 is 0 Å². The number of nitrogens with zero attached hydrogens (tertiary/aromatic N) is 1. The lowest BCUT2D eigenvalue weighted by Gasteiger charge is -2.52. The average molecular weight is 391 g/mol. The molecule has 0 radical (unpaired) electrons. The molecule has 142 valence electrons. The SMILES string of the molecule is O=C1C=CC(=O)N1CC1(F)C(F)(F)C(F)(F)C(F)(F)C(F)(F)C1(F)F. The zero-order valence-electron chi connectivity index (χ0n) is 11.3. The second kappa shape index (κ2) is 4.63. The number of alkyl halides is 11. The third-order valence-corrected chi connectivity index (χ3v) is 3.85. The molecule has 0 aromatic heterocycles. The van der Waals surface area contributed by atoms with E-state index in [1.54, 1.807) is 0 Å². The van der Waals surface area contributed by atoms with E-state index in [2.05, 4.69) is 0 Å². The quantitative estimate of drug-likeness (QED) is 0.537. The van der Waals surface area contributed by atoms with E-state index in [0.29, 0.717) is 0 Å². The van der Waals surface area contributed by atoms with E-state index < -0.39 is 58.5 Å². The molecule has 0 aromatic rings. The van der Waals surface area contributed by atoms with Crippen molar-refractivity contribution in [2.75, 3.05) is 6.54 Å². The van der Waals surface area contributed by atoms with Crippen molar-refractivity contribution < 1.29 is 57.9 Å². The highest BCUT2D eigenvalue weighted by atomic mass is 19.4. The van der Waals surface area contributed by atoms with Crippen molar-refractivity contribution in [3.63, 3.8) is 0 Å². The Hall–Kier alpha value is -1.89. The number of rotatable bonds is 2. The van der Waals surface area contributed by atoms with Gasteiger partial charge in [0.05, 0.1) is 6.54 Å². The molecule has 1 fully saturated rings. The van der Waals surface area contributed by atoms with E-state index in [4.69, 9.17) is 0 Å². The van der Waals surface area contributed by atoms with Gasteiger partial charge >= 0.3 is 29.6 Å². The maximum Gasteiger partial charge on any atom is 0.384 e. The summed E-state index contributed by atoms with van der Waals surface area (Å²) >= 11 is 0. The Morgan fingerprint density at radius 2 is 0.880 bits per heavy atom. The smallest absolute Gasteiger partial charge is 0.272 e. The molecule has 0 aromatic carbocycles. The monoisotopic (exact) mass is 391 g/mol. The largest absolute Gasteiger partial charge is 0.384 e. The molecule has 0 saturated heterocycles. The number of amides is 2. The number of carbonyl (C=O) groups is 2. The minimum Gasteiger partial charge on any atom is -0.272 e. The van der Waals surface area contributed by atoms with Crippen LogP contribution in [0.25, 0.3) is 0 Å². The van der Waals surface area contributed by atoms with Gasteiger partial charge in [-0.05, 0) is 0 Å². The molecule has 1 saturated carbocycles. The highest BCUT2D eigenvalue weighted by Gasteiger charge is 3.01. The van der Waals surface area contributed by atoms with Crippen molar-refractivity contribution in [2.45, 2.75) is 35.3 Å². The van der Waals surface area contributed by atoms with Crippen LogP contribution in [0.1, 0.15) is 0 Å². The first-order valence-electron chi connectivity index (χ1n) is 6.01. The molecular formula is C11H4F11NO2. The lowest BCUT2D eigenvalue weighted by Crippen LogP contribution is -2.85. The molecule has 1 aliphatic heterocycles. The minimum absolute atomic E-state index is 0.218. The molecule has 2 rings (SSSR count). The van der Waals surface area contributed by atoms with Crippen LogP contribution in [0.15, 0.2) is 12.2 Å². The van der Waals surface area contributed by atoms with Gasteiger partial charge in [-0.3, -0.25) is 14.5 Å². The minimum atomic E-state index is -7.33. The van der Waals surface area contributed by atoms with Crippen molar-refractivity contribution in [1.29, 1.82) is 0 Å². The van der Waals surface area contributed by atoms with E-state index >= 15 is 0 Å². The van der Waals surface area contributed by atoms with Crippen LogP contribution in [0.3, 0.4) is 0 Å². The molecule has 1 aliphatic carbocycles. The second-order valence-electron chi connectivity index (χ2n) is 5.27. The zero-order valence-corrected chi connectivity index (χ0v) is 11.3. The van der Waals surface area contributed by atoms with Gasteiger partial charge in [-0.1, -0.05) is 0 Å². The van der Waals surface area contributed by atoms with Gasteiger partial charge in [0.1, 0.15) is 0 Å². The Balaban J connectivity index is 2.70. The normalized spacial score (nSPS) is 30.6. The molecule has 0 bridgehead atoms. The Bertz CT molecular complexity index is 621. The predicted octanol–water partition coefficient (Wildman–Crippen LogP) is 2.81. The summed E-state index contributed by atoms with van der Waals surface area (Å²) in [6.45, 7) is -3.00. The first-order valence-corrected chi connectivity index (χ1v) is 6.01. The highest BCUT2D eigenvalue weighted by Crippen LogP contribution is 2.69. The Labute approximate surface area is 130 Å². The van der Waals surface area contributed by atoms with E-state index in [1.165, 1.54) is 0 Å². The van der Waals surface area contributed by atoms with Gasteiger partial charge < -0.3 is 0 Å². The van der Waals surface area contributed by atoms with Crippen molar-refractivity contribution in [3.05, 3.63) is 12.2 Å². The van der Waals surface area contributed by atoms with Crippen LogP contribution in [0.5, 0.6) is 0 Å². The number of hydrogen-bond acceptors (Lipinski definition) is 2. The summed E-state index contributed by atoms with van der Waals surface area (Å²) in [6, 6.07) is 0. The number of halogens is 11. The van der Waals surface area contributed by atoms with Crippen LogP contribution in [0.2, 0.25) is 0 Å². The molecule has 2 aliphatic rings. The summed E-state index contributed by atoms with van der Waals surface area (Å²) in [5.41, 5.74) is -6.38. The van der Waals surface area contributed by atoms with Crippen molar-refractivity contribution in [2.24, 2.45) is 0 Å². The van der Waals surface area contributed by atoms with Gasteiger partial charge in [-0.25, -0.2) is 4.39 Å². The van der Waals surface area contributed by atoms with E-state index in [9.17, 15) is 57.9 Å². The van der Waals surface area contributed by atoms with Gasteiger partial charge in [-0.15, -0.1) is 0 Å². The Kier molecular flexibility index (Phi) is 3.60. The molecule has 0 unspecified atom stereocenters. The number of imide groups is 1. The lowest BCUT2D eigenvalue weighted by molar-refractivity contribution is -0.484. The lowest BCUT2D eigenvalue weighted by atomic mass is 9.72. The number of carbonyl (C=O) groups excluding carboxylic acids is 2. The van der Waals surface area contributed by atoms with Crippen LogP contribution in [-0.4, -0.2) is 58.5 Å². The summed E-state index contributed by atoms with van der Waals surface area (Å²) in [7, 11) is 0. The fourth-order valence-electron chi connectivity index (χ4n) is 2.29. The summed E-state index contributed by atoms with van der Waals surface area (Å²) in [5, 5.41) is 0. The van der Waals surface area contributed by atoms with Gasteiger partial charge in [0.15, 0.2) is 0 Å². The molecule has 0 atom stereocenters. The van der Waals surface area contributed by atoms with Crippen LogP contribution < -0.4 is 0 Å². The molecule has 2 amide bonds. The van der Waals surface area contributed by atoms with Crippen LogP contribution in [0.4, 0.5) is 48.3 Å². The van der Waals surface area contributed by atoms with Crippen LogP contribution in [0, 0.1) is 0 Å². The summed E-state index contributed by atoms with van der Waals surface area (Å²) in [5.74, 6) is -39.5. The van der Waals surface area contributed by atoms with Gasteiger partial charge in [-0.2, -0.15) is 43.9 Å². The third kappa shape index (κ3) is 1.82. The van der Waals surface area contributed by atoms with Crippen molar-refractivity contribution >= 4 is 11.8 Å². The molecule has 1 heterocycles.